The van der Waals surface area contributed by atoms with Crippen molar-refractivity contribution in [2.24, 2.45) is 0 Å². The Labute approximate surface area is 116 Å². The number of nitrogens with one attached hydrogen (secondary N) is 1. The lowest BCUT2D eigenvalue weighted by Gasteiger charge is -2.21. The van der Waals surface area contributed by atoms with Crippen LogP contribution in [0.2, 0.25) is 0 Å². The highest BCUT2D eigenvalue weighted by Crippen LogP contribution is 2.17. The van der Waals surface area contributed by atoms with Crippen molar-refractivity contribution in [3.05, 3.63) is 29.6 Å². The topological polar surface area (TPSA) is 104 Å². The molecule has 0 aliphatic heterocycles. The summed E-state index contributed by atoms with van der Waals surface area (Å²) in [6.07, 6.45) is 0.315. The van der Waals surface area contributed by atoms with Crippen LogP contribution in [0.3, 0.4) is 0 Å². The van der Waals surface area contributed by atoms with Crippen molar-refractivity contribution >= 4 is 16.0 Å². The SMILES string of the molecule is CCC(C)(O)CNS(=O)(=O)c1ccc(C(=O)O)cc1F. The van der Waals surface area contributed by atoms with E-state index >= 15 is 0 Å². The number of benzene rings is 1. The van der Waals surface area contributed by atoms with Crippen LogP contribution in [0.1, 0.15) is 30.6 Å². The Morgan fingerprint density at radius 3 is 2.50 bits per heavy atom. The van der Waals surface area contributed by atoms with Crippen molar-refractivity contribution in [3.63, 3.8) is 0 Å². The summed E-state index contributed by atoms with van der Waals surface area (Å²) in [6, 6.07) is 2.51. The molecule has 0 saturated heterocycles. The van der Waals surface area contributed by atoms with E-state index in [0.717, 1.165) is 12.1 Å². The number of carboxylic acid groups (broad SMARTS) is 1. The van der Waals surface area contributed by atoms with Crippen molar-refractivity contribution in [2.75, 3.05) is 6.54 Å². The van der Waals surface area contributed by atoms with Gasteiger partial charge in [0.25, 0.3) is 0 Å². The van der Waals surface area contributed by atoms with Gasteiger partial charge < -0.3 is 10.2 Å². The molecule has 0 aliphatic rings. The van der Waals surface area contributed by atoms with Crippen molar-refractivity contribution in [3.8, 4) is 0 Å². The minimum absolute atomic E-state index is 0.272. The minimum Gasteiger partial charge on any atom is -0.478 e. The number of aliphatic hydroxyl groups is 1. The molecule has 1 rings (SSSR count). The molecule has 0 heterocycles. The lowest BCUT2D eigenvalue weighted by molar-refractivity contribution is 0.0613. The predicted octanol–water partition coefficient (Wildman–Crippen LogP) is 0.963. The van der Waals surface area contributed by atoms with Crippen molar-refractivity contribution in [2.45, 2.75) is 30.8 Å². The van der Waals surface area contributed by atoms with Crippen LogP contribution in [0.5, 0.6) is 0 Å². The van der Waals surface area contributed by atoms with Gasteiger partial charge in [-0.1, -0.05) is 6.92 Å². The van der Waals surface area contributed by atoms with Crippen LogP contribution in [-0.4, -0.2) is 36.7 Å². The van der Waals surface area contributed by atoms with Crippen LogP contribution in [0.15, 0.2) is 23.1 Å². The minimum atomic E-state index is -4.15. The largest absolute Gasteiger partial charge is 0.478 e. The van der Waals surface area contributed by atoms with Crippen LogP contribution in [-0.2, 0) is 10.0 Å². The van der Waals surface area contributed by atoms with Crippen molar-refractivity contribution < 1.29 is 27.8 Å². The first kappa shape index (κ1) is 16.5. The second kappa shape index (κ2) is 5.86. The molecule has 8 heteroatoms. The Balaban J connectivity index is 3.02. The summed E-state index contributed by atoms with van der Waals surface area (Å²) in [7, 11) is -4.15. The molecule has 3 N–H and O–H groups in total. The maximum atomic E-state index is 13.7. The molecule has 0 saturated carbocycles. The van der Waals surface area contributed by atoms with E-state index < -0.39 is 32.3 Å². The molecule has 6 nitrogen and oxygen atoms in total. The molecule has 0 spiro atoms. The van der Waals surface area contributed by atoms with Crippen LogP contribution in [0, 0.1) is 5.82 Å². The van der Waals surface area contributed by atoms with Gasteiger partial charge in [0, 0.05) is 6.54 Å². The van der Waals surface area contributed by atoms with E-state index in [4.69, 9.17) is 5.11 Å². The summed E-state index contributed by atoms with van der Waals surface area (Å²) < 4.78 is 39.5. The highest BCUT2D eigenvalue weighted by molar-refractivity contribution is 7.89. The molecule has 0 aliphatic carbocycles. The Morgan fingerprint density at radius 1 is 1.45 bits per heavy atom. The van der Waals surface area contributed by atoms with Crippen LogP contribution in [0.25, 0.3) is 0 Å². The van der Waals surface area contributed by atoms with E-state index in [-0.39, 0.29) is 12.1 Å². The first-order valence-electron chi connectivity index (χ1n) is 5.84. The van der Waals surface area contributed by atoms with Crippen molar-refractivity contribution in [1.29, 1.82) is 0 Å². The number of aromatic carboxylic acids is 1. The van der Waals surface area contributed by atoms with E-state index in [1.165, 1.54) is 6.92 Å². The van der Waals surface area contributed by atoms with E-state index in [9.17, 15) is 22.7 Å². The third kappa shape index (κ3) is 3.99. The fourth-order valence-electron chi connectivity index (χ4n) is 1.31. The third-order valence-corrected chi connectivity index (χ3v) is 4.31. The molecule has 1 aromatic rings. The normalized spacial score (nSPS) is 14.8. The number of halogens is 1. The molecule has 1 unspecified atom stereocenters. The molecule has 20 heavy (non-hydrogen) atoms. The molecule has 1 aromatic carbocycles. The number of hydrogen-bond donors (Lipinski definition) is 3. The Bertz CT molecular complexity index is 612. The Kier molecular flexibility index (Phi) is 4.85. The fourth-order valence-corrected chi connectivity index (χ4v) is 2.52. The summed E-state index contributed by atoms with van der Waals surface area (Å²) in [5.41, 5.74) is -1.59. The number of carboxylic acids is 1. The molecule has 0 aromatic heterocycles. The maximum absolute atomic E-state index is 13.7. The van der Waals surface area contributed by atoms with E-state index in [2.05, 4.69) is 4.72 Å². The zero-order valence-corrected chi connectivity index (χ0v) is 11.9. The monoisotopic (exact) mass is 305 g/mol. The molecule has 112 valence electrons. The Morgan fingerprint density at radius 2 is 2.05 bits per heavy atom. The average Bonchev–Trinajstić information content (AvgIpc) is 2.36. The first-order valence-corrected chi connectivity index (χ1v) is 7.32. The van der Waals surface area contributed by atoms with E-state index in [0.29, 0.717) is 12.5 Å². The zero-order valence-electron chi connectivity index (χ0n) is 11.1. The third-order valence-electron chi connectivity index (χ3n) is 2.87. The maximum Gasteiger partial charge on any atom is 0.335 e. The van der Waals surface area contributed by atoms with E-state index in [1.54, 1.807) is 6.92 Å². The lowest BCUT2D eigenvalue weighted by Crippen LogP contribution is -2.40. The summed E-state index contributed by atoms with van der Waals surface area (Å²) in [4.78, 5) is 9.99. The first-order chi connectivity index (χ1) is 9.09. The van der Waals surface area contributed by atoms with Crippen molar-refractivity contribution in [1.82, 2.24) is 4.72 Å². The van der Waals surface area contributed by atoms with E-state index in [1.807, 2.05) is 0 Å². The second-order valence-electron chi connectivity index (χ2n) is 4.63. The van der Waals surface area contributed by atoms with Gasteiger partial charge in [-0.3, -0.25) is 0 Å². The van der Waals surface area contributed by atoms with Gasteiger partial charge in [0.1, 0.15) is 10.7 Å². The molecule has 0 radical (unpaired) electrons. The Hall–Kier alpha value is -1.51. The molecule has 0 fully saturated rings. The van der Waals surface area contributed by atoms with Gasteiger partial charge in [0.15, 0.2) is 0 Å². The predicted molar refractivity (Wildman–Crippen MR) is 69.5 cm³/mol. The van der Waals surface area contributed by atoms with Gasteiger partial charge in [-0.05, 0) is 31.5 Å². The number of sulfonamides is 1. The van der Waals surface area contributed by atoms with Gasteiger partial charge >= 0.3 is 5.97 Å². The summed E-state index contributed by atoms with van der Waals surface area (Å²) in [5.74, 6) is -2.51. The highest BCUT2D eigenvalue weighted by Gasteiger charge is 2.25. The fraction of sp³-hybridized carbons (Fsp3) is 0.417. The van der Waals surface area contributed by atoms with Gasteiger partial charge in [0.2, 0.25) is 10.0 Å². The summed E-state index contributed by atoms with van der Waals surface area (Å²) >= 11 is 0. The second-order valence-corrected chi connectivity index (χ2v) is 6.36. The van der Waals surface area contributed by atoms with Gasteiger partial charge in [-0.25, -0.2) is 22.3 Å². The van der Waals surface area contributed by atoms with Crippen LogP contribution >= 0.6 is 0 Å². The van der Waals surface area contributed by atoms with Gasteiger partial charge in [-0.2, -0.15) is 0 Å². The molecular weight excluding hydrogens is 289 g/mol. The molecule has 1 atom stereocenters. The zero-order chi connectivity index (χ0) is 15.6. The molecular formula is C12H16FNO5S. The number of rotatable bonds is 6. The quantitative estimate of drug-likeness (QED) is 0.726. The average molecular weight is 305 g/mol. The van der Waals surface area contributed by atoms with Gasteiger partial charge in [-0.15, -0.1) is 0 Å². The number of hydrogen-bond acceptors (Lipinski definition) is 4. The summed E-state index contributed by atoms with van der Waals surface area (Å²) in [5, 5.41) is 18.4. The smallest absolute Gasteiger partial charge is 0.335 e. The highest BCUT2D eigenvalue weighted by atomic mass is 32.2. The standard InChI is InChI=1S/C12H16FNO5S/c1-3-12(2,17)7-14-20(18,19)10-5-4-8(11(15)16)6-9(10)13/h4-6,14,17H,3,7H2,1-2H3,(H,15,16). The van der Waals surface area contributed by atoms with Crippen LogP contribution in [0.4, 0.5) is 4.39 Å². The molecule has 0 bridgehead atoms. The van der Waals surface area contributed by atoms with Crippen LogP contribution < -0.4 is 4.72 Å². The summed E-state index contributed by atoms with van der Waals surface area (Å²) in [6.45, 7) is 2.85. The number of carbonyl (C=O) groups is 1. The lowest BCUT2D eigenvalue weighted by atomic mass is 10.1. The molecule has 0 amide bonds. The van der Waals surface area contributed by atoms with Gasteiger partial charge in [0.05, 0.1) is 11.2 Å².